The summed E-state index contributed by atoms with van der Waals surface area (Å²) in [6, 6.07) is 11.4. The Kier molecular flexibility index (Phi) is 4.48. The minimum absolute atomic E-state index is 0.0961. The Balaban J connectivity index is 2.55. The van der Waals surface area contributed by atoms with Gasteiger partial charge in [-0.3, -0.25) is 0 Å². The molecular formula is C21H28O2. The highest BCUT2D eigenvalue weighted by Crippen LogP contribution is 2.41. The topological polar surface area (TPSA) is 40.5 Å². The van der Waals surface area contributed by atoms with Gasteiger partial charge in [0.1, 0.15) is 11.5 Å². The average Bonchev–Trinajstić information content (AvgIpc) is 2.38. The van der Waals surface area contributed by atoms with Gasteiger partial charge in [0.15, 0.2) is 0 Å². The van der Waals surface area contributed by atoms with Gasteiger partial charge in [0, 0.05) is 5.56 Å². The van der Waals surface area contributed by atoms with Crippen LogP contribution in [0.1, 0.15) is 63.8 Å². The van der Waals surface area contributed by atoms with Crippen LogP contribution in [0.15, 0.2) is 36.4 Å². The van der Waals surface area contributed by atoms with Gasteiger partial charge < -0.3 is 10.2 Å². The molecule has 2 N–H and O–H groups in total. The normalized spacial score (nSPS) is 12.4. The zero-order valence-electron chi connectivity index (χ0n) is 15.1. The van der Waals surface area contributed by atoms with E-state index in [1.807, 2.05) is 18.2 Å². The molecule has 0 bridgehead atoms. The van der Waals surface area contributed by atoms with Crippen LogP contribution >= 0.6 is 0 Å². The Bertz CT molecular complexity index is 684. The smallest absolute Gasteiger partial charge is 0.123 e. The molecule has 0 amide bonds. The van der Waals surface area contributed by atoms with Gasteiger partial charge in [0.2, 0.25) is 0 Å². The van der Waals surface area contributed by atoms with Crippen molar-refractivity contribution in [1.29, 1.82) is 0 Å². The zero-order chi connectivity index (χ0) is 17.4. The van der Waals surface area contributed by atoms with Crippen molar-refractivity contribution >= 4 is 0 Å². The van der Waals surface area contributed by atoms with E-state index >= 15 is 0 Å². The van der Waals surface area contributed by atoms with E-state index in [4.69, 9.17) is 0 Å². The van der Waals surface area contributed by atoms with Gasteiger partial charge in [-0.1, -0.05) is 65.8 Å². The van der Waals surface area contributed by atoms with Crippen molar-refractivity contribution in [2.45, 2.75) is 58.8 Å². The van der Waals surface area contributed by atoms with Crippen molar-refractivity contribution in [3.05, 3.63) is 58.7 Å². The molecule has 0 aliphatic carbocycles. The second-order valence-electron chi connectivity index (χ2n) is 8.34. The summed E-state index contributed by atoms with van der Waals surface area (Å²) in [7, 11) is 0. The Morgan fingerprint density at radius 3 is 1.78 bits per heavy atom. The highest BCUT2D eigenvalue weighted by molar-refractivity contribution is 5.52. The van der Waals surface area contributed by atoms with Crippen LogP contribution in [0.3, 0.4) is 0 Å². The lowest BCUT2D eigenvalue weighted by Gasteiger charge is -2.29. The minimum Gasteiger partial charge on any atom is -0.508 e. The second-order valence-corrected chi connectivity index (χ2v) is 8.34. The molecule has 0 radical (unpaired) electrons. The molecule has 0 saturated heterocycles. The molecule has 2 nitrogen and oxygen atoms in total. The third-order valence-electron chi connectivity index (χ3n) is 4.15. The lowest BCUT2D eigenvalue weighted by Crippen LogP contribution is -2.19. The Morgan fingerprint density at radius 1 is 0.739 bits per heavy atom. The van der Waals surface area contributed by atoms with Crippen LogP contribution in [0.4, 0.5) is 0 Å². The summed E-state index contributed by atoms with van der Waals surface area (Å²) in [6.07, 6.45) is 0.741. The Labute approximate surface area is 139 Å². The van der Waals surface area contributed by atoms with Crippen LogP contribution in [0.5, 0.6) is 11.5 Å². The van der Waals surface area contributed by atoms with Gasteiger partial charge in [-0.05, 0) is 46.1 Å². The second kappa shape index (κ2) is 5.92. The lowest BCUT2D eigenvalue weighted by atomic mass is 9.76. The molecule has 2 heteroatoms. The summed E-state index contributed by atoms with van der Waals surface area (Å²) >= 11 is 0. The van der Waals surface area contributed by atoms with E-state index in [1.165, 1.54) is 0 Å². The summed E-state index contributed by atoms with van der Waals surface area (Å²) < 4.78 is 0. The van der Waals surface area contributed by atoms with E-state index < -0.39 is 0 Å². The maximum atomic E-state index is 10.9. The van der Waals surface area contributed by atoms with E-state index in [9.17, 15) is 10.2 Å². The number of rotatable bonds is 2. The summed E-state index contributed by atoms with van der Waals surface area (Å²) in [6.45, 7) is 12.8. The molecule has 23 heavy (non-hydrogen) atoms. The highest BCUT2D eigenvalue weighted by atomic mass is 16.3. The first-order chi connectivity index (χ1) is 10.5. The van der Waals surface area contributed by atoms with E-state index in [0.29, 0.717) is 5.75 Å². The first-order valence-corrected chi connectivity index (χ1v) is 8.14. The summed E-state index contributed by atoms with van der Waals surface area (Å²) in [5.41, 5.74) is 4.01. The quantitative estimate of drug-likeness (QED) is 0.791. The van der Waals surface area contributed by atoms with Crippen LogP contribution in [0.25, 0.3) is 0 Å². The third-order valence-corrected chi connectivity index (χ3v) is 4.15. The van der Waals surface area contributed by atoms with E-state index in [0.717, 1.165) is 28.7 Å². The van der Waals surface area contributed by atoms with Crippen molar-refractivity contribution in [1.82, 2.24) is 0 Å². The first-order valence-electron chi connectivity index (χ1n) is 8.14. The number of hydrogen-bond donors (Lipinski definition) is 2. The first kappa shape index (κ1) is 17.4. The number of aromatic hydroxyl groups is 2. The van der Waals surface area contributed by atoms with Crippen LogP contribution in [-0.4, -0.2) is 10.2 Å². The standard InChI is InChI=1S/C21H28O2/c1-20(2,3)17-12-9-15(18(19(17)23)21(4,5)6)13-14-7-10-16(22)11-8-14/h7-12,22-23H,13H2,1-6H3. The van der Waals surface area contributed by atoms with Crippen LogP contribution in [0.2, 0.25) is 0 Å². The van der Waals surface area contributed by atoms with Gasteiger partial charge in [-0.15, -0.1) is 0 Å². The van der Waals surface area contributed by atoms with Crippen molar-refractivity contribution in [3.8, 4) is 11.5 Å². The molecule has 0 aliphatic rings. The average molecular weight is 312 g/mol. The van der Waals surface area contributed by atoms with E-state index in [1.54, 1.807) is 12.1 Å². The lowest BCUT2D eigenvalue weighted by molar-refractivity contribution is 0.421. The number of benzene rings is 2. The molecule has 0 spiro atoms. The van der Waals surface area contributed by atoms with Crippen molar-refractivity contribution in [2.75, 3.05) is 0 Å². The minimum atomic E-state index is -0.141. The van der Waals surface area contributed by atoms with Crippen LogP contribution in [-0.2, 0) is 17.3 Å². The molecule has 0 aliphatic heterocycles. The van der Waals surface area contributed by atoms with Gasteiger partial charge >= 0.3 is 0 Å². The fourth-order valence-corrected chi connectivity index (χ4v) is 3.06. The molecular weight excluding hydrogens is 284 g/mol. The predicted octanol–water partition coefficient (Wildman–Crippen LogP) is 5.28. The van der Waals surface area contributed by atoms with Gasteiger partial charge in [-0.25, -0.2) is 0 Å². The van der Waals surface area contributed by atoms with Crippen molar-refractivity contribution in [2.24, 2.45) is 0 Å². The third kappa shape index (κ3) is 3.87. The number of hydrogen-bond acceptors (Lipinski definition) is 2. The molecule has 124 valence electrons. The predicted molar refractivity (Wildman–Crippen MR) is 96.4 cm³/mol. The van der Waals surface area contributed by atoms with Crippen molar-refractivity contribution < 1.29 is 10.2 Å². The fourth-order valence-electron chi connectivity index (χ4n) is 3.06. The number of phenolic OH excluding ortho intramolecular Hbond substituents is 2. The van der Waals surface area contributed by atoms with Gasteiger partial charge in [0.25, 0.3) is 0 Å². The Morgan fingerprint density at radius 2 is 1.30 bits per heavy atom. The molecule has 0 aromatic heterocycles. The highest BCUT2D eigenvalue weighted by Gasteiger charge is 2.27. The van der Waals surface area contributed by atoms with Crippen molar-refractivity contribution in [3.63, 3.8) is 0 Å². The summed E-state index contributed by atoms with van der Waals surface area (Å²) in [5.74, 6) is 0.692. The maximum absolute atomic E-state index is 10.9. The van der Waals surface area contributed by atoms with E-state index in [2.05, 4.69) is 47.6 Å². The van der Waals surface area contributed by atoms with Gasteiger partial charge in [-0.2, -0.15) is 0 Å². The van der Waals surface area contributed by atoms with E-state index in [-0.39, 0.29) is 16.6 Å². The van der Waals surface area contributed by atoms with Gasteiger partial charge in [0.05, 0.1) is 0 Å². The molecule has 0 atom stereocenters. The zero-order valence-corrected chi connectivity index (χ0v) is 15.1. The van der Waals surface area contributed by atoms with Crippen LogP contribution in [0, 0.1) is 0 Å². The van der Waals surface area contributed by atoms with Crippen LogP contribution < -0.4 is 0 Å². The monoisotopic (exact) mass is 312 g/mol. The molecule has 2 rings (SSSR count). The fraction of sp³-hybridized carbons (Fsp3) is 0.429. The summed E-state index contributed by atoms with van der Waals surface area (Å²) in [5, 5.41) is 20.4. The SMILES string of the molecule is CC(C)(C)c1ccc(Cc2ccc(O)cc2)c(C(C)(C)C)c1O. The molecule has 0 heterocycles. The molecule has 0 unspecified atom stereocenters. The number of phenols is 2. The Hall–Kier alpha value is -1.96. The largest absolute Gasteiger partial charge is 0.508 e. The summed E-state index contributed by atoms with van der Waals surface area (Å²) in [4.78, 5) is 0. The molecule has 2 aromatic carbocycles. The molecule has 0 fully saturated rings. The maximum Gasteiger partial charge on any atom is 0.123 e. The molecule has 2 aromatic rings. The molecule has 0 saturated carbocycles.